The minimum Gasteiger partial charge on any atom is -0.376 e. The van der Waals surface area contributed by atoms with Crippen molar-refractivity contribution in [3.63, 3.8) is 0 Å². The Kier molecular flexibility index (Phi) is 4.85. The van der Waals surface area contributed by atoms with Crippen molar-refractivity contribution in [2.75, 3.05) is 13.2 Å². The van der Waals surface area contributed by atoms with Gasteiger partial charge in [0.1, 0.15) is 0 Å². The molecule has 3 heterocycles. The van der Waals surface area contributed by atoms with Crippen LogP contribution >= 0.6 is 11.3 Å². The van der Waals surface area contributed by atoms with Crippen LogP contribution in [0.15, 0.2) is 36.7 Å². The van der Waals surface area contributed by atoms with Gasteiger partial charge in [0.15, 0.2) is 0 Å². The number of thiophene rings is 1. The minimum atomic E-state index is 0.0883. The number of ether oxygens (including phenoxy) is 1. The third-order valence-electron chi connectivity index (χ3n) is 3.81. The van der Waals surface area contributed by atoms with Gasteiger partial charge in [0.25, 0.3) is 5.91 Å². The molecule has 2 aromatic heterocycles. The molecule has 1 saturated heterocycles. The lowest BCUT2D eigenvalue weighted by Gasteiger charge is -2.25. The maximum atomic E-state index is 12.8. The minimum absolute atomic E-state index is 0.0883. The number of nitrogens with zero attached hydrogens (tertiary/aromatic N) is 2. The highest BCUT2D eigenvalue weighted by molar-refractivity contribution is 7.13. The first-order valence-corrected chi connectivity index (χ1v) is 8.40. The maximum absolute atomic E-state index is 12.8. The molecule has 0 aromatic carbocycles. The van der Waals surface area contributed by atoms with Crippen LogP contribution in [0, 0.1) is 6.92 Å². The largest absolute Gasteiger partial charge is 0.376 e. The van der Waals surface area contributed by atoms with Crippen molar-refractivity contribution >= 4 is 17.2 Å². The first-order chi connectivity index (χ1) is 10.7. The summed E-state index contributed by atoms with van der Waals surface area (Å²) in [6.45, 7) is 4.07. The lowest BCUT2D eigenvalue weighted by atomic mass is 10.2. The Bertz CT molecular complexity index is 621. The lowest BCUT2D eigenvalue weighted by Crippen LogP contribution is -2.36. The van der Waals surface area contributed by atoms with E-state index in [0.717, 1.165) is 34.8 Å². The number of aromatic nitrogens is 1. The van der Waals surface area contributed by atoms with Crippen LogP contribution in [-0.2, 0) is 11.3 Å². The quantitative estimate of drug-likeness (QED) is 0.850. The second kappa shape index (κ2) is 7.03. The van der Waals surface area contributed by atoms with Crippen molar-refractivity contribution in [1.29, 1.82) is 0 Å². The number of amides is 1. The number of pyridine rings is 1. The maximum Gasteiger partial charge on any atom is 0.264 e. The SMILES string of the molecule is Cc1ccc(C(=O)N(Cc2ccncc2)C[C@H]2CCCO2)s1. The van der Waals surface area contributed by atoms with Crippen LogP contribution in [0.3, 0.4) is 0 Å². The third kappa shape index (κ3) is 3.72. The fourth-order valence-corrected chi connectivity index (χ4v) is 3.50. The number of hydrogen-bond donors (Lipinski definition) is 0. The molecule has 1 atom stereocenters. The first-order valence-electron chi connectivity index (χ1n) is 7.58. The van der Waals surface area contributed by atoms with Crippen LogP contribution in [-0.4, -0.2) is 35.0 Å². The summed E-state index contributed by atoms with van der Waals surface area (Å²) in [7, 11) is 0. The molecule has 0 spiro atoms. The van der Waals surface area contributed by atoms with E-state index in [1.54, 1.807) is 23.7 Å². The number of rotatable bonds is 5. The van der Waals surface area contributed by atoms with Crippen LogP contribution in [0.2, 0.25) is 0 Å². The third-order valence-corrected chi connectivity index (χ3v) is 4.80. The summed E-state index contributed by atoms with van der Waals surface area (Å²) in [6.07, 6.45) is 5.80. The normalized spacial score (nSPS) is 17.6. The van der Waals surface area contributed by atoms with Gasteiger partial charge in [0, 0.05) is 37.0 Å². The van der Waals surface area contributed by atoms with Crippen LogP contribution in [0.4, 0.5) is 0 Å². The van der Waals surface area contributed by atoms with Gasteiger partial charge in [0.05, 0.1) is 11.0 Å². The summed E-state index contributed by atoms with van der Waals surface area (Å²) in [6, 6.07) is 7.82. The van der Waals surface area contributed by atoms with Crippen molar-refractivity contribution < 1.29 is 9.53 Å². The zero-order chi connectivity index (χ0) is 15.4. The smallest absolute Gasteiger partial charge is 0.264 e. The van der Waals surface area contributed by atoms with Crippen LogP contribution < -0.4 is 0 Å². The number of carbonyl (C=O) groups is 1. The Morgan fingerprint density at radius 1 is 1.36 bits per heavy atom. The van der Waals surface area contributed by atoms with Crippen molar-refractivity contribution in [3.05, 3.63) is 52.0 Å². The second-order valence-corrected chi connectivity index (χ2v) is 6.87. The van der Waals surface area contributed by atoms with E-state index in [0.29, 0.717) is 13.1 Å². The van der Waals surface area contributed by atoms with Gasteiger partial charge in [-0.2, -0.15) is 0 Å². The Hall–Kier alpha value is -1.72. The van der Waals surface area contributed by atoms with Crippen molar-refractivity contribution in [3.8, 4) is 0 Å². The highest BCUT2D eigenvalue weighted by Gasteiger charge is 2.24. The molecular formula is C17H20N2O2S. The van der Waals surface area contributed by atoms with E-state index in [1.807, 2.05) is 36.1 Å². The molecule has 2 aromatic rings. The number of carbonyl (C=O) groups excluding carboxylic acids is 1. The zero-order valence-corrected chi connectivity index (χ0v) is 13.5. The average molecular weight is 316 g/mol. The fourth-order valence-electron chi connectivity index (χ4n) is 2.67. The molecule has 22 heavy (non-hydrogen) atoms. The topological polar surface area (TPSA) is 42.4 Å². The van der Waals surface area contributed by atoms with Gasteiger partial charge in [0.2, 0.25) is 0 Å². The average Bonchev–Trinajstić information content (AvgIpc) is 3.18. The van der Waals surface area contributed by atoms with E-state index >= 15 is 0 Å². The van der Waals surface area contributed by atoms with Crippen LogP contribution in [0.1, 0.15) is 33.0 Å². The summed E-state index contributed by atoms with van der Waals surface area (Å²) in [5, 5.41) is 0. The molecule has 0 radical (unpaired) electrons. The predicted molar refractivity (Wildman–Crippen MR) is 87.0 cm³/mol. The first kappa shape index (κ1) is 15.2. The summed E-state index contributed by atoms with van der Waals surface area (Å²) in [5.74, 6) is 0.0883. The predicted octanol–water partition coefficient (Wildman–Crippen LogP) is 3.27. The molecule has 1 fully saturated rings. The second-order valence-electron chi connectivity index (χ2n) is 5.59. The summed E-state index contributed by atoms with van der Waals surface area (Å²) < 4.78 is 5.71. The fraction of sp³-hybridized carbons (Fsp3) is 0.412. The van der Waals surface area contributed by atoms with E-state index in [-0.39, 0.29) is 12.0 Å². The Morgan fingerprint density at radius 2 is 2.18 bits per heavy atom. The van der Waals surface area contributed by atoms with Crippen molar-refractivity contribution in [1.82, 2.24) is 9.88 Å². The molecule has 3 rings (SSSR count). The zero-order valence-electron chi connectivity index (χ0n) is 12.7. The van der Waals surface area contributed by atoms with Crippen molar-refractivity contribution in [2.45, 2.75) is 32.4 Å². The van der Waals surface area contributed by atoms with Gasteiger partial charge in [-0.05, 0) is 49.6 Å². The molecule has 5 heteroatoms. The van der Waals surface area contributed by atoms with Gasteiger partial charge in [-0.15, -0.1) is 11.3 Å². The van der Waals surface area contributed by atoms with Crippen molar-refractivity contribution in [2.24, 2.45) is 0 Å². The van der Waals surface area contributed by atoms with Gasteiger partial charge in [-0.1, -0.05) is 0 Å². The Balaban J connectivity index is 1.76. The molecule has 1 aliphatic rings. The monoisotopic (exact) mass is 316 g/mol. The molecule has 0 saturated carbocycles. The molecule has 1 aliphatic heterocycles. The van der Waals surface area contributed by atoms with Gasteiger partial charge < -0.3 is 9.64 Å². The van der Waals surface area contributed by atoms with E-state index < -0.39 is 0 Å². The van der Waals surface area contributed by atoms with Crippen LogP contribution in [0.25, 0.3) is 0 Å². The highest BCUT2D eigenvalue weighted by Crippen LogP contribution is 2.21. The molecular weight excluding hydrogens is 296 g/mol. The summed E-state index contributed by atoms with van der Waals surface area (Å²) >= 11 is 1.55. The lowest BCUT2D eigenvalue weighted by molar-refractivity contribution is 0.0511. The molecule has 0 aliphatic carbocycles. The van der Waals surface area contributed by atoms with E-state index in [4.69, 9.17) is 4.74 Å². The summed E-state index contributed by atoms with van der Waals surface area (Å²) in [4.78, 5) is 20.7. The Morgan fingerprint density at radius 3 is 2.82 bits per heavy atom. The van der Waals surface area contributed by atoms with E-state index in [9.17, 15) is 4.79 Å². The Labute approximate surface area is 134 Å². The summed E-state index contributed by atoms with van der Waals surface area (Å²) in [5.41, 5.74) is 1.09. The van der Waals surface area contributed by atoms with Gasteiger partial charge >= 0.3 is 0 Å². The molecule has 0 unspecified atom stereocenters. The highest BCUT2D eigenvalue weighted by atomic mass is 32.1. The van der Waals surface area contributed by atoms with E-state index in [2.05, 4.69) is 4.98 Å². The van der Waals surface area contributed by atoms with Crippen LogP contribution in [0.5, 0.6) is 0 Å². The molecule has 1 amide bonds. The number of aryl methyl sites for hydroxylation is 1. The molecule has 0 bridgehead atoms. The van der Waals surface area contributed by atoms with Gasteiger partial charge in [-0.3, -0.25) is 9.78 Å². The van der Waals surface area contributed by atoms with Gasteiger partial charge in [-0.25, -0.2) is 0 Å². The molecule has 116 valence electrons. The molecule has 4 nitrogen and oxygen atoms in total. The standard InChI is InChI=1S/C17H20N2O2S/c1-13-4-5-16(22-13)17(20)19(12-15-3-2-10-21-15)11-14-6-8-18-9-7-14/h4-9,15H,2-3,10-12H2,1H3/t15-/m1/s1. The number of hydrogen-bond acceptors (Lipinski definition) is 4. The van der Waals surface area contributed by atoms with E-state index in [1.165, 1.54) is 0 Å². The molecule has 0 N–H and O–H groups in total.